The van der Waals surface area contributed by atoms with Crippen molar-refractivity contribution in [2.45, 2.75) is 26.0 Å². The fourth-order valence-corrected chi connectivity index (χ4v) is 2.25. The lowest BCUT2D eigenvalue weighted by atomic mass is 10.2. The molecule has 1 heterocycles. The van der Waals surface area contributed by atoms with E-state index in [0.29, 0.717) is 6.04 Å². The maximum atomic E-state index is 10.9. The average molecular weight is 248 g/mol. The van der Waals surface area contributed by atoms with Crippen LogP contribution in [0, 0.1) is 0 Å². The first-order valence-corrected chi connectivity index (χ1v) is 7.68. The van der Waals surface area contributed by atoms with E-state index in [-0.39, 0.29) is 6.10 Å². The third kappa shape index (κ3) is 5.39. The molecule has 0 aliphatic carbocycles. The molecule has 0 bridgehead atoms. The Bertz CT molecular complexity index is 224. The zero-order valence-electron chi connectivity index (χ0n) is 10.6. The maximum absolute atomic E-state index is 10.9. The Morgan fingerprint density at radius 3 is 2.94 bits per heavy atom. The Balaban J connectivity index is 2.14. The summed E-state index contributed by atoms with van der Waals surface area (Å²) < 4.78 is 16.6. The topological polar surface area (TPSA) is 41.6 Å². The van der Waals surface area contributed by atoms with Crippen molar-refractivity contribution in [2.24, 2.45) is 0 Å². The molecule has 0 radical (unpaired) electrons. The number of morpholine rings is 1. The largest absolute Gasteiger partial charge is 0.374 e. The minimum Gasteiger partial charge on any atom is -0.374 e. The van der Waals surface area contributed by atoms with Gasteiger partial charge in [0.15, 0.2) is 0 Å². The number of rotatable bonds is 6. The molecular weight excluding hydrogens is 224 g/mol. The van der Waals surface area contributed by atoms with E-state index in [9.17, 15) is 4.21 Å². The van der Waals surface area contributed by atoms with Crippen molar-refractivity contribution in [3.63, 3.8) is 0 Å². The van der Waals surface area contributed by atoms with Crippen LogP contribution < -0.4 is 5.32 Å². The Hall–Kier alpha value is 0.0300. The number of nitrogens with zero attached hydrogens (tertiary/aromatic N) is 1. The van der Waals surface area contributed by atoms with Crippen LogP contribution in [-0.4, -0.2) is 66.0 Å². The van der Waals surface area contributed by atoms with E-state index in [1.807, 2.05) is 0 Å². The lowest BCUT2D eigenvalue weighted by Gasteiger charge is -2.35. The molecule has 4 nitrogen and oxygen atoms in total. The van der Waals surface area contributed by atoms with Crippen molar-refractivity contribution in [1.82, 2.24) is 10.2 Å². The SMILES string of the molecule is CC(C)N1CCOC(CNCCS(C)=O)C1. The highest BCUT2D eigenvalue weighted by Crippen LogP contribution is 2.07. The summed E-state index contributed by atoms with van der Waals surface area (Å²) in [4.78, 5) is 2.44. The van der Waals surface area contributed by atoms with Crippen molar-refractivity contribution in [2.75, 3.05) is 44.8 Å². The minimum atomic E-state index is -0.700. The second-order valence-corrected chi connectivity index (χ2v) is 6.12. The summed E-state index contributed by atoms with van der Waals surface area (Å²) in [6.07, 6.45) is 2.01. The summed E-state index contributed by atoms with van der Waals surface area (Å²) in [7, 11) is -0.700. The summed E-state index contributed by atoms with van der Waals surface area (Å²) in [6, 6.07) is 0.592. The van der Waals surface area contributed by atoms with Gasteiger partial charge >= 0.3 is 0 Å². The molecule has 1 aliphatic rings. The molecule has 0 spiro atoms. The number of ether oxygens (including phenoxy) is 1. The van der Waals surface area contributed by atoms with Crippen LogP contribution in [0.2, 0.25) is 0 Å². The van der Waals surface area contributed by atoms with Gasteiger partial charge in [0.25, 0.3) is 0 Å². The predicted octanol–water partition coefficient (Wildman–Crippen LogP) is 0.0637. The molecule has 1 rings (SSSR count). The van der Waals surface area contributed by atoms with Crippen molar-refractivity contribution in [3.8, 4) is 0 Å². The molecular formula is C11H24N2O2S. The molecule has 1 aliphatic heterocycles. The van der Waals surface area contributed by atoms with E-state index in [2.05, 4.69) is 24.1 Å². The van der Waals surface area contributed by atoms with Gasteiger partial charge in [-0.3, -0.25) is 9.11 Å². The normalized spacial score (nSPS) is 24.9. The number of nitrogens with one attached hydrogen (secondary N) is 1. The van der Waals surface area contributed by atoms with Gasteiger partial charge in [-0.1, -0.05) is 0 Å². The van der Waals surface area contributed by atoms with Gasteiger partial charge in [-0.05, 0) is 13.8 Å². The van der Waals surface area contributed by atoms with Crippen LogP contribution in [-0.2, 0) is 15.5 Å². The Morgan fingerprint density at radius 2 is 2.31 bits per heavy atom. The smallest absolute Gasteiger partial charge is 0.0826 e. The van der Waals surface area contributed by atoms with Gasteiger partial charge in [-0.25, -0.2) is 0 Å². The molecule has 1 fully saturated rings. The van der Waals surface area contributed by atoms with Crippen LogP contribution in [0.15, 0.2) is 0 Å². The first-order chi connectivity index (χ1) is 7.59. The summed E-state index contributed by atoms with van der Waals surface area (Å²) in [5.74, 6) is 0.723. The van der Waals surface area contributed by atoms with E-state index in [0.717, 1.165) is 38.5 Å². The van der Waals surface area contributed by atoms with Crippen LogP contribution in [0.1, 0.15) is 13.8 Å². The van der Waals surface area contributed by atoms with Crippen LogP contribution in [0.5, 0.6) is 0 Å². The van der Waals surface area contributed by atoms with Gasteiger partial charge in [-0.15, -0.1) is 0 Å². The van der Waals surface area contributed by atoms with Gasteiger partial charge in [0.1, 0.15) is 0 Å². The first kappa shape index (κ1) is 14.1. The van der Waals surface area contributed by atoms with Crippen molar-refractivity contribution in [3.05, 3.63) is 0 Å². The number of hydrogen-bond donors (Lipinski definition) is 1. The quantitative estimate of drug-likeness (QED) is 0.675. The summed E-state index contributed by atoms with van der Waals surface area (Å²) in [5, 5.41) is 3.30. The summed E-state index contributed by atoms with van der Waals surface area (Å²) in [6.45, 7) is 8.97. The number of hydrogen-bond acceptors (Lipinski definition) is 4. The van der Waals surface area contributed by atoms with Crippen LogP contribution in [0.25, 0.3) is 0 Å². The molecule has 1 saturated heterocycles. The highest BCUT2D eigenvalue weighted by Gasteiger charge is 2.21. The second kappa shape index (κ2) is 7.37. The molecule has 1 N–H and O–H groups in total. The molecule has 5 heteroatoms. The first-order valence-electron chi connectivity index (χ1n) is 5.96. The van der Waals surface area contributed by atoms with Gasteiger partial charge in [0.2, 0.25) is 0 Å². The molecule has 2 atom stereocenters. The average Bonchev–Trinajstić information content (AvgIpc) is 2.24. The van der Waals surface area contributed by atoms with Crippen LogP contribution in [0.4, 0.5) is 0 Å². The lowest BCUT2D eigenvalue weighted by molar-refractivity contribution is -0.0369. The monoisotopic (exact) mass is 248 g/mol. The minimum absolute atomic E-state index is 0.279. The fraction of sp³-hybridized carbons (Fsp3) is 1.00. The molecule has 0 amide bonds. The highest BCUT2D eigenvalue weighted by atomic mass is 32.2. The van der Waals surface area contributed by atoms with Crippen LogP contribution in [0.3, 0.4) is 0 Å². The van der Waals surface area contributed by atoms with E-state index in [1.54, 1.807) is 6.26 Å². The molecule has 0 aromatic rings. The van der Waals surface area contributed by atoms with Crippen LogP contribution >= 0.6 is 0 Å². The van der Waals surface area contributed by atoms with Gasteiger partial charge in [0.05, 0.1) is 12.7 Å². The molecule has 0 saturated carbocycles. The van der Waals surface area contributed by atoms with E-state index in [4.69, 9.17) is 4.74 Å². The molecule has 0 aromatic heterocycles. The predicted molar refractivity (Wildman–Crippen MR) is 68.3 cm³/mol. The summed E-state index contributed by atoms with van der Waals surface area (Å²) >= 11 is 0. The Labute approximate surface area is 101 Å². The van der Waals surface area contributed by atoms with Crippen molar-refractivity contribution < 1.29 is 8.95 Å². The van der Waals surface area contributed by atoms with Crippen molar-refractivity contribution >= 4 is 10.8 Å². The molecule has 2 unspecified atom stereocenters. The van der Waals surface area contributed by atoms with Gasteiger partial charge in [-0.2, -0.15) is 0 Å². The standard InChI is InChI=1S/C11H24N2O2S/c1-10(2)13-5-6-15-11(9-13)8-12-4-7-16(3)14/h10-12H,4-9H2,1-3H3. The van der Waals surface area contributed by atoms with E-state index in [1.165, 1.54) is 0 Å². The van der Waals surface area contributed by atoms with Crippen molar-refractivity contribution in [1.29, 1.82) is 0 Å². The summed E-state index contributed by atoms with van der Waals surface area (Å²) in [5.41, 5.74) is 0. The zero-order valence-corrected chi connectivity index (χ0v) is 11.4. The maximum Gasteiger partial charge on any atom is 0.0826 e. The Morgan fingerprint density at radius 1 is 1.56 bits per heavy atom. The second-order valence-electron chi connectivity index (χ2n) is 4.56. The Kier molecular flexibility index (Phi) is 6.49. The molecule has 16 heavy (non-hydrogen) atoms. The fourth-order valence-electron chi connectivity index (χ4n) is 1.81. The highest BCUT2D eigenvalue weighted by molar-refractivity contribution is 7.84. The van der Waals surface area contributed by atoms with Gasteiger partial charge < -0.3 is 10.1 Å². The molecule has 0 aromatic carbocycles. The third-order valence-corrected chi connectivity index (χ3v) is 3.62. The van der Waals surface area contributed by atoms with E-state index >= 15 is 0 Å². The zero-order chi connectivity index (χ0) is 12.0. The van der Waals surface area contributed by atoms with E-state index < -0.39 is 10.8 Å². The van der Waals surface area contributed by atoms with Gasteiger partial charge in [0, 0.05) is 55.0 Å². The molecule has 96 valence electrons. The lowest BCUT2D eigenvalue weighted by Crippen LogP contribution is -2.49. The third-order valence-electron chi connectivity index (χ3n) is 2.84.